The average molecular weight is 244 g/mol. The Bertz CT molecular complexity index is 31.9. The molecule has 0 unspecified atom stereocenters. The van der Waals surface area contributed by atoms with Crippen molar-refractivity contribution in [3.63, 3.8) is 0 Å². The minimum Gasteiger partial charge on any atom is -0.870 e. The van der Waals surface area contributed by atoms with E-state index in [1.165, 1.54) is 0 Å². The Morgan fingerprint density at radius 3 is 1.00 bits per heavy atom. The van der Waals surface area contributed by atoms with Gasteiger partial charge < -0.3 is 31.5 Å². The van der Waals surface area contributed by atoms with Gasteiger partial charge in [-0.2, -0.15) is 0 Å². The van der Waals surface area contributed by atoms with Crippen molar-refractivity contribution in [1.29, 1.82) is 0 Å². The zero-order valence-corrected chi connectivity index (χ0v) is 7.11. The summed E-state index contributed by atoms with van der Waals surface area (Å²) in [6.07, 6.45) is 0. The van der Waals surface area contributed by atoms with E-state index in [0.717, 1.165) is 0 Å². The first-order valence-electron chi connectivity index (χ1n) is 0.651. The summed E-state index contributed by atoms with van der Waals surface area (Å²) in [5, 5.41) is 0. The predicted molar refractivity (Wildman–Crippen MR) is 22.0 cm³/mol. The molecule has 8 N–H and O–H groups in total. The van der Waals surface area contributed by atoms with Crippen LogP contribution in [-0.4, -0.2) is 40.7 Å². The molecular formula is H8MoO7Si-2. The molecule has 0 fully saturated rings. The first-order chi connectivity index (χ1) is 1.73. The van der Waals surface area contributed by atoms with Gasteiger partial charge in [-0.1, -0.05) is 0 Å². The van der Waals surface area contributed by atoms with Crippen molar-refractivity contribution in [2.45, 2.75) is 0 Å². The zero-order valence-electron chi connectivity index (χ0n) is 4.11. The number of hydrogen-bond acceptors (Lipinski definition) is 3. The fraction of sp³-hybridized carbons (Fsp3) is 0. The molecule has 0 aliphatic carbocycles. The second kappa shape index (κ2) is 42.0. The minimum absolute atomic E-state index is 0. The third kappa shape index (κ3) is 14600. The molecule has 9 heavy (non-hydrogen) atoms. The van der Waals surface area contributed by atoms with Crippen molar-refractivity contribution in [1.82, 2.24) is 0 Å². The van der Waals surface area contributed by atoms with Crippen LogP contribution < -0.4 is 0 Å². The molecule has 0 radical (unpaired) electrons. The van der Waals surface area contributed by atoms with Gasteiger partial charge in [-0.05, 0) is 0 Å². The van der Waals surface area contributed by atoms with Crippen molar-refractivity contribution in [3.05, 3.63) is 0 Å². The van der Waals surface area contributed by atoms with Crippen molar-refractivity contribution in [3.8, 4) is 0 Å². The second-order valence-corrected chi connectivity index (χ2v) is 0.848. The van der Waals surface area contributed by atoms with E-state index in [0.29, 0.717) is 0 Å². The minimum atomic E-state index is -3.13. The Morgan fingerprint density at radius 1 is 1.00 bits per heavy atom. The van der Waals surface area contributed by atoms with Crippen LogP contribution in [0.5, 0.6) is 0 Å². The summed E-state index contributed by atoms with van der Waals surface area (Å²) in [6.45, 7) is 0. The van der Waals surface area contributed by atoms with Crippen LogP contribution in [0, 0.1) is 0 Å². The summed E-state index contributed by atoms with van der Waals surface area (Å²) < 4.78 is 8.74. The summed E-state index contributed by atoms with van der Waals surface area (Å²) in [7, 11) is -3.13. The standard InChI is InChI=1S/Mo.H2O3Si.4H2O/c;1-4(2)3;;;;/h;1-2H;4*1H2/p-2. The van der Waals surface area contributed by atoms with E-state index in [4.69, 9.17) is 14.1 Å². The van der Waals surface area contributed by atoms with Crippen LogP contribution in [0.2, 0.25) is 0 Å². The van der Waals surface area contributed by atoms with E-state index in [9.17, 15) is 0 Å². The summed E-state index contributed by atoms with van der Waals surface area (Å²) in [4.78, 5) is 14.3. The molecule has 0 aromatic rings. The van der Waals surface area contributed by atoms with Crippen molar-refractivity contribution in [2.75, 3.05) is 0 Å². The van der Waals surface area contributed by atoms with E-state index in [2.05, 4.69) is 0 Å². The van der Waals surface area contributed by atoms with Crippen LogP contribution in [0.4, 0.5) is 0 Å². The molecule has 9 heteroatoms. The Morgan fingerprint density at radius 2 is 1.00 bits per heavy atom. The molecule has 0 aliphatic rings. The molecule has 0 rings (SSSR count). The fourth-order valence-corrected chi connectivity index (χ4v) is 0. The molecule has 62 valence electrons. The van der Waals surface area contributed by atoms with E-state index in [-0.39, 0.29) is 43.0 Å². The van der Waals surface area contributed by atoms with Crippen LogP contribution in [0.15, 0.2) is 0 Å². The quantitative estimate of drug-likeness (QED) is 0.416. The van der Waals surface area contributed by atoms with E-state index in [1.807, 2.05) is 0 Å². The number of hydrogen-bond donors (Lipinski definition) is 2. The molecule has 0 aromatic heterocycles. The smallest absolute Gasteiger partial charge is 0.761 e. The van der Waals surface area contributed by atoms with Crippen LogP contribution >= 0.6 is 0 Å². The van der Waals surface area contributed by atoms with Crippen molar-refractivity contribution >= 4 is 9.17 Å². The predicted octanol–water partition coefficient (Wildman–Crippen LogP) is -3.62. The maximum Gasteiger partial charge on any atom is 0.761 e. The molecule has 0 atom stereocenters. The van der Waals surface area contributed by atoms with Crippen LogP contribution in [0.1, 0.15) is 0 Å². The molecule has 0 amide bonds. The first kappa shape index (κ1) is 61.3. The molecular weight excluding hydrogens is 236 g/mol. The fourth-order valence-electron chi connectivity index (χ4n) is 0. The van der Waals surface area contributed by atoms with Gasteiger partial charge >= 0.3 is 9.17 Å². The Kier molecular flexibility index (Phi) is 286. The Labute approximate surface area is 66.7 Å². The molecule has 0 heterocycles. The summed E-state index contributed by atoms with van der Waals surface area (Å²) in [5.41, 5.74) is 0. The van der Waals surface area contributed by atoms with Gasteiger partial charge in [0.15, 0.2) is 0 Å². The molecule has 0 aromatic carbocycles. The van der Waals surface area contributed by atoms with Gasteiger partial charge in [0.2, 0.25) is 0 Å². The van der Waals surface area contributed by atoms with Crippen LogP contribution in [0.25, 0.3) is 0 Å². The van der Waals surface area contributed by atoms with Gasteiger partial charge in [0.25, 0.3) is 0 Å². The molecule has 0 saturated heterocycles. The molecule has 0 aliphatic heterocycles. The van der Waals surface area contributed by atoms with E-state index in [1.54, 1.807) is 0 Å². The largest absolute Gasteiger partial charge is 0.870 e. The molecule has 0 saturated carbocycles. The topological polar surface area (TPSA) is 181 Å². The van der Waals surface area contributed by atoms with Gasteiger partial charge in [-0.15, -0.1) is 0 Å². The zero-order chi connectivity index (χ0) is 3.58. The van der Waals surface area contributed by atoms with E-state index < -0.39 is 9.17 Å². The molecule has 0 spiro atoms. The van der Waals surface area contributed by atoms with Gasteiger partial charge in [0.1, 0.15) is 0 Å². The summed E-state index contributed by atoms with van der Waals surface area (Å²) in [5.74, 6) is 0. The van der Waals surface area contributed by atoms with Gasteiger partial charge in [0, 0.05) is 21.1 Å². The van der Waals surface area contributed by atoms with Crippen LogP contribution in [0.3, 0.4) is 0 Å². The SMILES string of the molecule is O.O.O=[Si](O)O.[Mo].[OH-].[OH-]. The summed E-state index contributed by atoms with van der Waals surface area (Å²) in [6, 6.07) is 0. The number of rotatable bonds is 0. The molecule has 7 nitrogen and oxygen atoms in total. The van der Waals surface area contributed by atoms with Gasteiger partial charge in [0.05, 0.1) is 0 Å². The maximum atomic E-state index is 8.74. The Hall–Kier alpha value is 0.145. The third-order valence-electron chi connectivity index (χ3n) is 0. The average Bonchev–Trinajstić information content (AvgIpc) is 0.811. The van der Waals surface area contributed by atoms with E-state index >= 15 is 0 Å². The van der Waals surface area contributed by atoms with Gasteiger partial charge in [-0.25, -0.2) is 0 Å². The summed E-state index contributed by atoms with van der Waals surface area (Å²) >= 11 is 0. The monoisotopic (exact) mass is 246 g/mol. The van der Waals surface area contributed by atoms with Crippen molar-refractivity contribution in [2.24, 2.45) is 0 Å². The second-order valence-electron chi connectivity index (χ2n) is 0.283. The van der Waals surface area contributed by atoms with Crippen molar-refractivity contribution < 1.29 is 57.0 Å². The molecule has 0 bridgehead atoms. The normalized spacial score (nSPS) is 2.67. The third-order valence-corrected chi connectivity index (χ3v) is 0. The Balaban J connectivity index is -0.00000000450. The van der Waals surface area contributed by atoms with Gasteiger partial charge in [-0.3, -0.25) is 4.46 Å². The van der Waals surface area contributed by atoms with Crippen LogP contribution in [-0.2, 0) is 25.5 Å². The first-order valence-corrected chi connectivity index (χ1v) is 1.95. The maximum absolute atomic E-state index is 8.74.